The van der Waals surface area contributed by atoms with Crippen LogP contribution in [0.3, 0.4) is 0 Å². The van der Waals surface area contributed by atoms with Gasteiger partial charge in [-0.1, -0.05) is 25.8 Å². The molecule has 1 heterocycles. The lowest BCUT2D eigenvalue weighted by atomic mass is 9.89. The largest absolute Gasteiger partial charge is 0.465 e. The zero-order valence-corrected chi connectivity index (χ0v) is 10.7. The average molecular weight is 236 g/mol. The van der Waals surface area contributed by atoms with Gasteiger partial charge in [0.15, 0.2) is 6.29 Å². The Morgan fingerprint density at radius 2 is 1.82 bits per heavy atom. The molecule has 17 heavy (non-hydrogen) atoms. The number of allylic oxidation sites excluding steroid dienone is 2. The Hall–Kier alpha value is -0.760. The molecule has 0 amide bonds. The summed E-state index contributed by atoms with van der Waals surface area (Å²) in [6, 6.07) is 0. The summed E-state index contributed by atoms with van der Waals surface area (Å²) < 4.78 is 11.5. The van der Waals surface area contributed by atoms with Crippen LogP contribution in [-0.4, -0.2) is 12.9 Å². The standard InChI is InChI=1S/C15H24O2/c1-2-14(12-13-8-4-3-5-9-13)17-15-10-6-7-11-16-15/h2,12-13,15H,1,3-11H2/b14-12+. The van der Waals surface area contributed by atoms with Crippen molar-refractivity contribution >= 4 is 0 Å². The second-order valence-electron chi connectivity index (χ2n) is 5.09. The predicted molar refractivity (Wildman–Crippen MR) is 69.5 cm³/mol. The highest BCUT2D eigenvalue weighted by atomic mass is 16.7. The maximum atomic E-state index is 5.86. The van der Waals surface area contributed by atoms with E-state index in [0.717, 1.165) is 25.2 Å². The van der Waals surface area contributed by atoms with Crippen molar-refractivity contribution in [2.75, 3.05) is 6.61 Å². The minimum absolute atomic E-state index is 0.0448. The molecule has 1 aliphatic carbocycles. The fourth-order valence-corrected chi connectivity index (χ4v) is 2.64. The van der Waals surface area contributed by atoms with Gasteiger partial charge in [0.1, 0.15) is 5.76 Å². The summed E-state index contributed by atoms with van der Waals surface area (Å²) in [6.07, 6.45) is 14.1. The quantitative estimate of drug-likeness (QED) is 0.538. The number of hydrogen-bond donors (Lipinski definition) is 0. The maximum Gasteiger partial charge on any atom is 0.199 e. The average Bonchev–Trinajstić information content (AvgIpc) is 2.40. The van der Waals surface area contributed by atoms with Gasteiger partial charge in [0.25, 0.3) is 0 Å². The van der Waals surface area contributed by atoms with Crippen LogP contribution in [-0.2, 0) is 9.47 Å². The molecule has 2 aliphatic rings. The van der Waals surface area contributed by atoms with Crippen LogP contribution < -0.4 is 0 Å². The zero-order valence-electron chi connectivity index (χ0n) is 10.7. The second-order valence-corrected chi connectivity index (χ2v) is 5.09. The first-order valence-electron chi connectivity index (χ1n) is 7.01. The molecule has 1 unspecified atom stereocenters. The molecule has 1 saturated carbocycles. The van der Waals surface area contributed by atoms with Crippen molar-refractivity contribution in [1.82, 2.24) is 0 Å². The Balaban J connectivity index is 1.85. The van der Waals surface area contributed by atoms with Crippen molar-refractivity contribution in [2.45, 2.75) is 57.7 Å². The molecular formula is C15H24O2. The molecule has 0 aromatic heterocycles. The molecule has 0 N–H and O–H groups in total. The highest BCUT2D eigenvalue weighted by molar-refractivity contribution is 5.10. The van der Waals surface area contributed by atoms with Crippen LogP contribution in [0.2, 0.25) is 0 Å². The van der Waals surface area contributed by atoms with Gasteiger partial charge in [-0.3, -0.25) is 0 Å². The van der Waals surface area contributed by atoms with Crippen molar-refractivity contribution in [3.8, 4) is 0 Å². The van der Waals surface area contributed by atoms with Crippen LogP contribution in [0.25, 0.3) is 0 Å². The summed E-state index contributed by atoms with van der Waals surface area (Å²) >= 11 is 0. The van der Waals surface area contributed by atoms with Gasteiger partial charge in [0, 0.05) is 6.42 Å². The minimum atomic E-state index is -0.0448. The predicted octanol–water partition coefficient (Wildman–Crippen LogP) is 4.18. The van der Waals surface area contributed by atoms with Crippen molar-refractivity contribution in [3.05, 3.63) is 24.5 Å². The first-order chi connectivity index (χ1) is 8.38. The number of ether oxygens (including phenoxy) is 2. The molecule has 1 saturated heterocycles. The Kier molecular flexibility index (Phi) is 5.11. The van der Waals surface area contributed by atoms with E-state index >= 15 is 0 Å². The normalized spacial score (nSPS) is 27.8. The van der Waals surface area contributed by atoms with Crippen LogP contribution >= 0.6 is 0 Å². The fourth-order valence-electron chi connectivity index (χ4n) is 2.64. The molecule has 0 spiro atoms. The number of rotatable bonds is 4. The van der Waals surface area contributed by atoms with E-state index in [9.17, 15) is 0 Å². The topological polar surface area (TPSA) is 18.5 Å². The lowest BCUT2D eigenvalue weighted by molar-refractivity contribution is -0.136. The van der Waals surface area contributed by atoms with Gasteiger partial charge in [0.05, 0.1) is 6.61 Å². The second kappa shape index (κ2) is 6.85. The van der Waals surface area contributed by atoms with Crippen LogP contribution in [0.4, 0.5) is 0 Å². The van der Waals surface area contributed by atoms with Gasteiger partial charge < -0.3 is 9.47 Å². The first kappa shape index (κ1) is 12.7. The summed E-state index contributed by atoms with van der Waals surface area (Å²) in [7, 11) is 0. The van der Waals surface area contributed by atoms with E-state index in [-0.39, 0.29) is 6.29 Å². The molecule has 0 radical (unpaired) electrons. The summed E-state index contributed by atoms with van der Waals surface area (Å²) in [4.78, 5) is 0. The van der Waals surface area contributed by atoms with E-state index in [2.05, 4.69) is 12.7 Å². The first-order valence-corrected chi connectivity index (χ1v) is 7.01. The van der Waals surface area contributed by atoms with Crippen molar-refractivity contribution in [2.24, 2.45) is 5.92 Å². The van der Waals surface area contributed by atoms with E-state index in [1.807, 2.05) is 6.08 Å². The summed E-state index contributed by atoms with van der Waals surface area (Å²) in [6.45, 7) is 4.68. The molecule has 1 atom stereocenters. The van der Waals surface area contributed by atoms with Crippen molar-refractivity contribution < 1.29 is 9.47 Å². The van der Waals surface area contributed by atoms with E-state index < -0.39 is 0 Å². The zero-order chi connectivity index (χ0) is 11.9. The highest BCUT2D eigenvalue weighted by Crippen LogP contribution is 2.27. The van der Waals surface area contributed by atoms with Crippen LogP contribution in [0.15, 0.2) is 24.5 Å². The molecular weight excluding hydrogens is 212 g/mol. The van der Waals surface area contributed by atoms with E-state index in [0.29, 0.717) is 5.92 Å². The van der Waals surface area contributed by atoms with Gasteiger partial charge in [-0.05, 0) is 43.8 Å². The van der Waals surface area contributed by atoms with E-state index in [1.54, 1.807) is 0 Å². The van der Waals surface area contributed by atoms with Gasteiger partial charge in [-0.15, -0.1) is 0 Å². The highest BCUT2D eigenvalue weighted by Gasteiger charge is 2.17. The molecule has 96 valence electrons. The summed E-state index contributed by atoms with van der Waals surface area (Å²) in [5, 5.41) is 0. The van der Waals surface area contributed by atoms with E-state index in [1.165, 1.54) is 38.5 Å². The minimum Gasteiger partial charge on any atom is -0.465 e. The lowest BCUT2D eigenvalue weighted by Crippen LogP contribution is -2.22. The van der Waals surface area contributed by atoms with Gasteiger partial charge in [-0.2, -0.15) is 0 Å². The lowest BCUT2D eigenvalue weighted by Gasteiger charge is -2.25. The summed E-state index contributed by atoms with van der Waals surface area (Å²) in [5.41, 5.74) is 0. The fraction of sp³-hybridized carbons (Fsp3) is 0.733. The Bertz CT molecular complexity index is 258. The molecule has 2 rings (SSSR count). The van der Waals surface area contributed by atoms with Crippen molar-refractivity contribution in [1.29, 1.82) is 0 Å². The third-order valence-corrected chi connectivity index (χ3v) is 3.66. The van der Waals surface area contributed by atoms with Crippen LogP contribution in [0.5, 0.6) is 0 Å². The molecule has 0 aromatic rings. The van der Waals surface area contributed by atoms with Crippen LogP contribution in [0.1, 0.15) is 51.4 Å². The Labute approximate surface area is 105 Å². The monoisotopic (exact) mass is 236 g/mol. The smallest absolute Gasteiger partial charge is 0.199 e. The Morgan fingerprint density at radius 3 is 2.47 bits per heavy atom. The van der Waals surface area contributed by atoms with E-state index in [4.69, 9.17) is 9.47 Å². The summed E-state index contributed by atoms with van der Waals surface area (Å²) in [5.74, 6) is 1.60. The third kappa shape index (κ3) is 4.19. The van der Waals surface area contributed by atoms with Crippen LogP contribution in [0, 0.1) is 5.92 Å². The molecule has 1 aliphatic heterocycles. The Morgan fingerprint density at radius 1 is 1.06 bits per heavy atom. The van der Waals surface area contributed by atoms with Crippen molar-refractivity contribution in [3.63, 3.8) is 0 Å². The molecule has 0 aromatic carbocycles. The van der Waals surface area contributed by atoms with Gasteiger partial charge >= 0.3 is 0 Å². The maximum absolute atomic E-state index is 5.86. The molecule has 0 bridgehead atoms. The molecule has 2 fully saturated rings. The SMILES string of the molecule is C=C/C(=C\C1CCCCC1)OC1CCCCO1. The molecule has 2 heteroatoms. The molecule has 2 nitrogen and oxygen atoms in total. The third-order valence-electron chi connectivity index (χ3n) is 3.66. The van der Waals surface area contributed by atoms with Gasteiger partial charge in [0.2, 0.25) is 0 Å². The number of hydrogen-bond acceptors (Lipinski definition) is 2. The van der Waals surface area contributed by atoms with Gasteiger partial charge in [-0.25, -0.2) is 0 Å².